The molecule has 2 N–H and O–H groups in total. The Labute approximate surface area is 121 Å². The van der Waals surface area contributed by atoms with Crippen molar-refractivity contribution in [2.45, 2.75) is 44.8 Å². The van der Waals surface area contributed by atoms with Crippen LogP contribution in [0.5, 0.6) is 0 Å². The molecule has 0 spiro atoms. The molecule has 0 saturated heterocycles. The predicted octanol–water partition coefficient (Wildman–Crippen LogP) is 3.48. The smallest absolute Gasteiger partial charge is 0.325 e. The lowest BCUT2D eigenvalue weighted by Gasteiger charge is -2.14. The molecule has 1 aliphatic rings. The van der Waals surface area contributed by atoms with E-state index < -0.39 is 11.7 Å². The maximum absolute atomic E-state index is 12.8. The number of carbonyl (C=O) groups is 1. The van der Waals surface area contributed by atoms with Gasteiger partial charge in [-0.2, -0.15) is 13.2 Å². The number of aryl methyl sites for hydroxylation is 1. The number of halogens is 3. The Morgan fingerprint density at radius 2 is 1.95 bits per heavy atom. The fraction of sp³-hybridized carbons (Fsp3) is 0.533. The molecule has 1 saturated carbocycles. The zero-order chi connectivity index (χ0) is 15.5. The van der Waals surface area contributed by atoms with E-state index in [4.69, 9.17) is 0 Å². The van der Waals surface area contributed by atoms with E-state index in [0.29, 0.717) is 6.04 Å². The van der Waals surface area contributed by atoms with E-state index in [-0.39, 0.29) is 23.7 Å². The minimum absolute atomic E-state index is 0.125. The van der Waals surface area contributed by atoms with E-state index in [0.717, 1.165) is 31.7 Å². The summed E-state index contributed by atoms with van der Waals surface area (Å²) in [6.45, 7) is 1.52. The Bertz CT molecular complexity index is 508. The van der Waals surface area contributed by atoms with E-state index in [1.54, 1.807) is 0 Å². The van der Waals surface area contributed by atoms with E-state index in [1.165, 1.54) is 19.1 Å². The summed E-state index contributed by atoms with van der Waals surface area (Å²) in [5, 5.41) is 5.63. The first-order valence-corrected chi connectivity index (χ1v) is 7.07. The van der Waals surface area contributed by atoms with Crippen LogP contribution in [0.3, 0.4) is 0 Å². The number of hydrogen-bond acceptors (Lipinski definition) is 2. The van der Waals surface area contributed by atoms with Gasteiger partial charge < -0.3 is 10.6 Å². The molecular formula is C15H19F3N2O. The molecule has 0 radical (unpaired) electrons. The van der Waals surface area contributed by atoms with Gasteiger partial charge >= 0.3 is 6.18 Å². The van der Waals surface area contributed by atoms with Crippen LogP contribution in [0.4, 0.5) is 18.9 Å². The highest BCUT2D eigenvalue weighted by Crippen LogP contribution is 2.33. The second kappa shape index (κ2) is 6.47. The summed E-state index contributed by atoms with van der Waals surface area (Å²) in [5.41, 5.74) is -0.403. The minimum atomic E-state index is -4.41. The predicted molar refractivity (Wildman–Crippen MR) is 75.1 cm³/mol. The van der Waals surface area contributed by atoms with Crippen molar-refractivity contribution >= 4 is 11.6 Å². The molecule has 21 heavy (non-hydrogen) atoms. The van der Waals surface area contributed by atoms with Crippen molar-refractivity contribution in [2.24, 2.45) is 0 Å². The molecule has 1 amide bonds. The van der Waals surface area contributed by atoms with Crippen LogP contribution in [0.25, 0.3) is 0 Å². The highest BCUT2D eigenvalue weighted by Gasteiger charge is 2.32. The van der Waals surface area contributed by atoms with Crippen LogP contribution >= 0.6 is 0 Å². The third kappa shape index (κ3) is 4.46. The van der Waals surface area contributed by atoms with Crippen molar-refractivity contribution in [1.82, 2.24) is 5.32 Å². The van der Waals surface area contributed by atoms with Gasteiger partial charge in [0.1, 0.15) is 0 Å². The van der Waals surface area contributed by atoms with E-state index in [2.05, 4.69) is 10.6 Å². The highest BCUT2D eigenvalue weighted by molar-refractivity contribution is 5.92. The molecule has 0 bridgehead atoms. The van der Waals surface area contributed by atoms with Crippen molar-refractivity contribution in [3.8, 4) is 0 Å². The first-order chi connectivity index (χ1) is 9.86. The molecule has 2 rings (SSSR count). The number of hydrogen-bond donors (Lipinski definition) is 2. The number of rotatable bonds is 4. The van der Waals surface area contributed by atoms with Crippen LogP contribution in [0.15, 0.2) is 18.2 Å². The second-order valence-corrected chi connectivity index (χ2v) is 5.44. The van der Waals surface area contributed by atoms with Gasteiger partial charge in [0.05, 0.1) is 12.1 Å². The molecule has 0 atom stereocenters. The van der Waals surface area contributed by atoms with E-state index in [9.17, 15) is 18.0 Å². The van der Waals surface area contributed by atoms with Crippen LogP contribution in [-0.4, -0.2) is 18.5 Å². The molecule has 1 aromatic carbocycles. The summed E-state index contributed by atoms with van der Waals surface area (Å²) in [6.07, 6.45) is 0.0113. The van der Waals surface area contributed by atoms with Gasteiger partial charge in [0.25, 0.3) is 0 Å². The van der Waals surface area contributed by atoms with Gasteiger partial charge in [-0.25, -0.2) is 0 Å². The number of benzene rings is 1. The third-order valence-electron chi connectivity index (χ3n) is 3.73. The van der Waals surface area contributed by atoms with Crippen LogP contribution in [0.2, 0.25) is 0 Å². The maximum atomic E-state index is 12.8. The molecule has 3 nitrogen and oxygen atoms in total. The fourth-order valence-electron chi connectivity index (χ4n) is 2.58. The quantitative estimate of drug-likeness (QED) is 0.894. The van der Waals surface area contributed by atoms with Gasteiger partial charge in [-0.1, -0.05) is 18.9 Å². The van der Waals surface area contributed by atoms with Crippen molar-refractivity contribution in [3.05, 3.63) is 29.3 Å². The molecule has 0 heterocycles. The summed E-state index contributed by atoms with van der Waals surface area (Å²) in [7, 11) is 0. The molecule has 1 aliphatic carbocycles. The molecule has 0 aliphatic heterocycles. The van der Waals surface area contributed by atoms with Crippen molar-refractivity contribution in [2.75, 3.05) is 11.9 Å². The molecule has 1 aromatic rings. The standard InChI is InChI=1S/C15H19F3N2O/c1-10-6-7-12(8-13(10)15(16,17)18)20-14(21)9-19-11-4-2-3-5-11/h6-8,11,19H,2-5,9H2,1H3,(H,20,21). The lowest BCUT2D eigenvalue weighted by atomic mass is 10.1. The normalized spacial score (nSPS) is 16.2. The zero-order valence-corrected chi connectivity index (χ0v) is 11.9. The van der Waals surface area contributed by atoms with E-state index >= 15 is 0 Å². The second-order valence-electron chi connectivity index (χ2n) is 5.44. The first-order valence-electron chi connectivity index (χ1n) is 7.07. The van der Waals surface area contributed by atoms with Crippen LogP contribution in [0, 0.1) is 6.92 Å². The number of alkyl halides is 3. The van der Waals surface area contributed by atoms with Gasteiger partial charge in [-0.15, -0.1) is 0 Å². The number of amides is 1. The topological polar surface area (TPSA) is 41.1 Å². The zero-order valence-electron chi connectivity index (χ0n) is 11.9. The van der Waals surface area contributed by atoms with Gasteiger partial charge in [0, 0.05) is 11.7 Å². The molecule has 0 aromatic heterocycles. The number of nitrogens with one attached hydrogen (secondary N) is 2. The van der Waals surface area contributed by atoms with Crippen LogP contribution < -0.4 is 10.6 Å². The van der Waals surface area contributed by atoms with Crippen molar-refractivity contribution in [1.29, 1.82) is 0 Å². The molecule has 0 unspecified atom stereocenters. The van der Waals surface area contributed by atoms with Crippen LogP contribution in [0.1, 0.15) is 36.8 Å². The Morgan fingerprint density at radius 3 is 2.57 bits per heavy atom. The van der Waals surface area contributed by atoms with Gasteiger partial charge in [0.15, 0.2) is 0 Å². The molecule has 1 fully saturated rings. The monoisotopic (exact) mass is 300 g/mol. The van der Waals surface area contributed by atoms with Crippen molar-refractivity contribution < 1.29 is 18.0 Å². The largest absolute Gasteiger partial charge is 0.416 e. The van der Waals surface area contributed by atoms with Crippen LogP contribution in [-0.2, 0) is 11.0 Å². The third-order valence-corrected chi connectivity index (χ3v) is 3.73. The minimum Gasteiger partial charge on any atom is -0.325 e. The number of anilines is 1. The molecule has 116 valence electrons. The summed E-state index contributed by atoms with van der Waals surface area (Å²) in [5.74, 6) is -0.320. The van der Waals surface area contributed by atoms with E-state index in [1.807, 2.05) is 0 Å². The summed E-state index contributed by atoms with van der Waals surface area (Å²) in [6, 6.07) is 4.17. The Kier molecular flexibility index (Phi) is 4.88. The lowest BCUT2D eigenvalue weighted by Crippen LogP contribution is -2.34. The molecule has 6 heteroatoms. The highest BCUT2D eigenvalue weighted by atomic mass is 19.4. The SMILES string of the molecule is Cc1ccc(NC(=O)CNC2CCCC2)cc1C(F)(F)F. The summed E-state index contributed by atoms with van der Waals surface area (Å²) < 4.78 is 38.4. The molecular weight excluding hydrogens is 281 g/mol. The van der Waals surface area contributed by atoms with Crippen molar-refractivity contribution in [3.63, 3.8) is 0 Å². The fourth-order valence-corrected chi connectivity index (χ4v) is 2.58. The Balaban J connectivity index is 1.94. The van der Waals surface area contributed by atoms with Gasteiger partial charge in [-0.05, 0) is 37.5 Å². The summed E-state index contributed by atoms with van der Waals surface area (Å²) >= 11 is 0. The average molecular weight is 300 g/mol. The Morgan fingerprint density at radius 1 is 1.29 bits per heavy atom. The van der Waals surface area contributed by atoms with Gasteiger partial charge in [-0.3, -0.25) is 4.79 Å². The number of carbonyl (C=O) groups excluding carboxylic acids is 1. The first kappa shape index (κ1) is 15.8. The van der Waals surface area contributed by atoms with Gasteiger partial charge in [0.2, 0.25) is 5.91 Å². The average Bonchev–Trinajstić information content (AvgIpc) is 2.90. The maximum Gasteiger partial charge on any atom is 0.416 e. The lowest BCUT2D eigenvalue weighted by molar-refractivity contribution is -0.138. The Hall–Kier alpha value is -1.56. The summed E-state index contributed by atoms with van der Waals surface area (Å²) in [4.78, 5) is 11.8.